The quantitative estimate of drug-likeness (QED) is 0.848. The van der Waals surface area contributed by atoms with Gasteiger partial charge in [-0.3, -0.25) is 0 Å². The van der Waals surface area contributed by atoms with E-state index in [1.54, 1.807) is 0 Å². The fraction of sp³-hybridized carbons (Fsp3) is 0.571. The average Bonchev–Trinajstić information content (AvgIpc) is 2.32. The van der Waals surface area contributed by atoms with Gasteiger partial charge in [0, 0.05) is 5.02 Å². The highest BCUT2D eigenvalue weighted by molar-refractivity contribution is 6.30. The summed E-state index contributed by atoms with van der Waals surface area (Å²) in [5, 5.41) is 4.33. The molecule has 1 unspecified atom stereocenters. The molecule has 2 heteroatoms. The van der Waals surface area contributed by atoms with Crippen LogP contribution in [0.25, 0.3) is 0 Å². The van der Waals surface area contributed by atoms with Crippen molar-refractivity contribution in [3.05, 3.63) is 34.3 Å². The third kappa shape index (κ3) is 3.23. The van der Waals surface area contributed by atoms with Crippen LogP contribution in [0.15, 0.2) is 18.2 Å². The molecule has 1 aliphatic rings. The minimum absolute atomic E-state index is 0.854. The van der Waals surface area contributed by atoms with Crippen molar-refractivity contribution in [1.82, 2.24) is 5.32 Å². The zero-order valence-electron chi connectivity index (χ0n) is 9.93. The summed E-state index contributed by atoms with van der Waals surface area (Å²) in [6.07, 6.45) is 5.17. The molecule has 0 aromatic heterocycles. The number of piperidine rings is 1. The van der Waals surface area contributed by atoms with Crippen molar-refractivity contribution in [2.24, 2.45) is 5.92 Å². The summed E-state index contributed by atoms with van der Waals surface area (Å²) < 4.78 is 0. The van der Waals surface area contributed by atoms with Gasteiger partial charge in [0.15, 0.2) is 0 Å². The molecule has 0 saturated carbocycles. The Morgan fingerprint density at radius 1 is 1.44 bits per heavy atom. The first kappa shape index (κ1) is 11.9. The van der Waals surface area contributed by atoms with Crippen molar-refractivity contribution in [2.45, 2.75) is 32.6 Å². The fourth-order valence-corrected chi connectivity index (χ4v) is 2.63. The Labute approximate surface area is 103 Å². The highest BCUT2D eigenvalue weighted by Crippen LogP contribution is 2.21. The van der Waals surface area contributed by atoms with Crippen molar-refractivity contribution < 1.29 is 0 Å². The zero-order chi connectivity index (χ0) is 11.4. The molecule has 0 radical (unpaired) electrons. The van der Waals surface area contributed by atoms with Crippen LogP contribution in [-0.4, -0.2) is 13.1 Å². The number of hydrogen-bond donors (Lipinski definition) is 1. The number of rotatable bonds is 3. The summed E-state index contributed by atoms with van der Waals surface area (Å²) >= 11 is 6.03. The van der Waals surface area contributed by atoms with Gasteiger partial charge in [-0.15, -0.1) is 0 Å². The Balaban J connectivity index is 1.90. The van der Waals surface area contributed by atoms with E-state index in [0.29, 0.717) is 0 Å². The normalized spacial score (nSPS) is 21.0. The molecule has 1 fully saturated rings. The third-order valence-corrected chi connectivity index (χ3v) is 3.77. The molecule has 0 bridgehead atoms. The number of nitrogens with one attached hydrogen (secondary N) is 1. The maximum atomic E-state index is 6.03. The molecule has 1 atom stereocenters. The lowest BCUT2D eigenvalue weighted by atomic mass is 9.91. The van der Waals surface area contributed by atoms with Crippen LogP contribution < -0.4 is 5.32 Å². The molecule has 1 aromatic rings. The summed E-state index contributed by atoms with van der Waals surface area (Å²) in [6, 6.07) is 6.21. The van der Waals surface area contributed by atoms with E-state index in [0.717, 1.165) is 10.9 Å². The Bertz CT molecular complexity index is 343. The second-order valence-corrected chi connectivity index (χ2v) is 5.26. The van der Waals surface area contributed by atoms with Gasteiger partial charge >= 0.3 is 0 Å². The number of benzene rings is 1. The van der Waals surface area contributed by atoms with Gasteiger partial charge in [-0.2, -0.15) is 0 Å². The number of aryl methyl sites for hydroxylation is 2. The second-order valence-electron chi connectivity index (χ2n) is 4.82. The van der Waals surface area contributed by atoms with E-state index < -0.39 is 0 Å². The first-order valence-electron chi connectivity index (χ1n) is 6.21. The summed E-state index contributed by atoms with van der Waals surface area (Å²) in [7, 11) is 0. The van der Waals surface area contributed by atoms with Crippen LogP contribution in [0.1, 0.15) is 30.4 Å². The van der Waals surface area contributed by atoms with Gasteiger partial charge < -0.3 is 5.32 Å². The van der Waals surface area contributed by atoms with Crippen molar-refractivity contribution in [3.8, 4) is 0 Å². The highest BCUT2D eigenvalue weighted by atomic mass is 35.5. The van der Waals surface area contributed by atoms with E-state index in [9.17, 15) is 0 Å². The van der Waals surface area contributed by atoms with E-state index in [4.69, 9.17) is 11.6 Å². The summed E-state index contributed by atoms with van der Waals surface area (Å²) in [5.41, 5.74) is 2.78. The zero-order valence-corrected chi connectivity index (χ0v) is 10.7. The predicted octanol–water partition coefficient (Wildman–Crippen LogP) is 3.58. The van der Waals surface area contributed by atoms with Gasteiger partial charge in [0.25, 0.3) is 0 Å². The van der Waals surface area contributed by atoms with Crippen molar-refractivity contribution in [3.63, 3.8) is 0 Å². The third-order valence-electron chi connectivity index (χ3n) is 3.53. The number of halogens is 1. The van der Waals surface area contributed by atoms with Crippen LogP contribution in [0.4, 0.5) is 0 Å². The molecule has 1 nitrogen and oxygen atoms in total. The van der Waals surface area contributed by atoms with Crippen LogP contribution in [0, 0.1) is 12.8 Å². The molecule has 1 N–H and O–H groups in total. The van der Waals surface area contributed by atoms with E-state index in [1.165, 1.54) is 49.9 Å². The summed E-state index contributed by atoms with van der Waals surface area (Å²) in [6.45, 7) is 4.57. The largest absolute Gasteiger partial charge is 0.316 e. The van der Waals surface area contributed by atoms with E-state index in [2.05, 4.69) is 24.4 Å². The first-order valence-corrected chi connectivity index (χ1v) is 6.59. The molecule has 88 valence electrons. The number of hydrogen-bond acceptors (Lipinski definition) is 1. The second kappa shape index (κ2) is 5.70. The standard InChI is InChI=1S/C14H20ClN/c1-11-4-7-14(15)9-13(11)6-5-12-3-2-8-16-10-12/h4,7,9,12,16H,2-3,5-6,8,10H2,1H3. The van der Waals surface area contributed by atoms with E-state index >= 15 is 0 Å². The smallest absolute Gasteiger partial charge is 0.0408 e. The molecule has 0 aliphatic carbocycles. The van der Waals surface area contributed by atoms with Gasteiger partial charge in [-0.05, 0) is 74.9 Å². The summed E-state index contributed by atoms with van der Waals surface area (Å²) in [5.74, 6) is 0.854. The van der Waals surface area contributed by atoms with Crippen molar-refractivity contribution in [1.29, 1.82) is 0 Å². The minimum Gasteiger partial charge on any atom is -0.316 e. The molecule has 1 heterocycles. The average molecular weight is 238 g/mol. The monoisotopic (exact) mass is 237 g/mol. The maximum absolute atomic E-state index is 6.03. The van der Waals surface area contributed by atoms with Crippen LogP contribution in [0.3, 0.4) is 0 Å². The van der Waals surface area contributed by atoms with E-state index in [1.807, 2.05) is 6.07 Å². The lowest BCUT2D eigenvalue weighted by Gasteiger charge is -2.22. The molecular formula is C14H20ClN. The van der Waals surface area contributed by atoms with Crippen LogP contribution >= 0.6 is 11.6 Å². The summed E-state index contributed by atoms with van der Waals surface area (Å²) in [4.78, 5) is 0. The van der Waals surface area contributed by atoms with Crippen molar-refractivity contribution >= 4 is 11.6 Å². The molecule has 0 amide bonds. The van der Waals surface area contributed by atoms with Gasteiger partial charge in [-0.1, -0.05) is 17.7 Å². The SMILES string of the molecule is Cc1ccc(Cl)cc1CCC1CCCNC1. The maximum Gasteiger partial charge on any atom is 0.0408 e. The van der Waals surface area contributed by atoms with Crippen LogP contribution in [0.5, 0.6) is 0 Å². The van der Waals surface area contributed by atoms with Gasteiger partial charge in [0.1, 0.15) is 0 Å². The first-order chi connectivity index (χ1) is 7.75. The van der Waals surface area contributed by atoms with Crippen LogP contribution in [0.2, 0.25) is 5.02 Å². The molecule has 1 saturated heterocycles. The Kier molecular flexibility index (Phi) is 4.25. The molecule has 1 aromatic carbocycles. The predicted molar refractivity (Wildman–Crippen MR) is 70.1 cm³/mol. The Hall–Kier alpha value is -0.530. The molecule has 1 aliphatic heterocycles. The topological polar surface area (TPSA) is 12.0 Å². The lowest BCUT2D eigenvalue weighted by molar-refractivity contribution is 0.358. The van der Waals surface area contributed by atoms with Gasteiger partial charge in [-0.25, -0.2) is 0 Å². The lowest BCUT2D eigenvalue weighted by Crippen LogP contribution is -2.29. The fourth-order valence-electron chi connectivity index (χ4n) is 2.44. The minimum atomic E-state index is 0.854. The van der Waals surface area contributed by atoms with Gasteiger partial charge in [0.05, 0.1) is 0 Å². The van der Waals surface area contributed by atoms with Crippen molar-refractivity contribution in [2.75, 3.05) is 13.1 Å². The molecule has 16 heavy (non-hydrogen) atoms. The van der Waals surface area contributed by atoms with Gasteiger partial charge in [0.2, 0.25) is 0 Å². The molecule has 2 rings (SSSR count). The van der Waals surface area contributed by atoms with Crippen LogP contribution in [-0.2, 0) is 6.42 Å². The molecule has 0 spiro atoms. The van der Waals surface area contributed by atoms with E-state index in [-0.39, 0.29) is 0 Å². The Morgan fingerprint density at radius 2 is 2.31 bits per heavy atom. The Morgan fingerprint density at radius 3 is 3.06 bits per heavy atom. The highest BCUT2D eigenvalue weighted by Gasteiger charge is 2.13. The molecular weight excluding hydrogens is 218 g/mol.